The van der Waals surface area contributed by atoms with E-state index in [2.05, 4.69) is 10.3 Å². The van der Waals surface area contributed by atoms with Crippen LogP contribution in [-0.4, -0.2) is 30.7 Å². The normalized spacial score (nSPS) is 13.8. The van der Waals surface area contributed by atoms with Gasteiger partial charge in [0.1, 0.15) is 5.60 Å². The molecular formula is C13H20N2O3. The van der Waals surface area contributed by atoms with Gasteiger partial charge < -0.3 is 14.8 Å². The van der Waals surface area contributed by atoms with E-state index in [9.17, 15) is 4.79 Å². The Bertz CT molecular complexity index is 428. The van der Waals surface area contributed by atoms with E-state index in [4.69, 9.17) is 9.47 Å². The maximum atomic E-state index is 12.1. The number of hydrogen-bond donors (Lipinski definition) is 1. The van der Waals surface area contributed by atoms with Crippen molar-refractivity contribution in [3.63, 3.8) is 0 Å². The van der Waals surface area contributed by atoms with Crippen molar-refractivity contribution < 1.29 is 14.3 Å². The van der Waals surface area contributed by atoms with Crippen LogP contribution < -0.4 is 10.1 Å². The molecule has 1 heterocycles. The van der Waals surface area contributed by atoms with Gasteiger partial charge in [-0.1, -0.05) is 6.92 Å². The Balaban J connectivity index is 2.85. The largest absolute Gasteiger partial charge is 0.481 e. The van der Waals surface area contributed by atoms with Gasteiger partial charge in [0.15, 0.2) is 0 Å². The van der Waals surface area contributed by atoms with Gasteiger partial charge in [-0.05, 0) is 26.3 Å². The second kappa shape index (κ2) is 5.82. The Hall–Kier alpha value is -1.62. The summed E-state index contributed by atoms with van der Waals surface area (Å²) in [6.45, 7) is 5.53. The molecule has 0 unspecified atom stereocenters. The van der Waals surface area contributed by atoms with Gasteiger partial charge in [0.2, 0.25) is 5.88 Å². The number of aromatic nitrogens is 1. The van der Waals surface area contributed by atoms with Crippen molar-refractivity contribution in [3.05, 3.63) is 17.8 Å². The first-order valence-electron chi connectivity index (χ1n) is 5.84. The second-order valence-electron chi connectivity index (χ2n) is 4.29. The molecule has 0 saturated heterocycles. The van der Waals surface area contributed by atoms with Gasteiger partial charge >= 0.3 is 0 Å². The predicted molar refractivity (Wildman–Crippen MR) is 69.9 cm³/mol. The summed E-state index contributed by atoms with van der Waals surface area (Å²) < 4.78 is 10.3. The summed E-state index contributed by atoms with van der Waals surface area (Å²) in [6.07, 6.45) is 2.16. The molecular weight excluding hydrogens is 232 g/mol. The van der Waals surface area contributed by atoms with Crippen LogP contribution in [-0.2, 0) is 9.53 Å². The second-order valence-corrected chi connectivity index (χ2v) is 4.29. The van der Waals surface area contributed by atoms with Gasteiger partial charge in [0.05, 0.1) is 19.0 Å². The molecule has 1 amide bonds. The lowest BCUT2D eigenvalue weighted by Crippen LogP contribution is -2.41. The van der Waals surface area contributed by atoms with Crippen molar-refractivity contribution in [2.75, 3.05) is 19.5 Å². The Morgan fingerprint density at radius 2 is 2.17 bits per heavy atom. The van der Waals surface area contributed by atoms with Crippen LogP contribution in [0.15, 0.2) is 12.3 Å². The predicted octanol–water partition coefficient (Wildman–Crippen LogP) is 2.15. The van der Waals surface area contributed by atoms with E-state index in [1.807, 2.05) is 19.9 Å². The van der Waals surface area contributed by atoms with Gasteiger partial charge in [-0.25, -0.2) is 4.98 Å². The fraction of sp³-hybridized carbons (Fsp3) is 0.538. The number of aryl methyl sites for hydroxylation is 1. The van der Waals surface area contributed by atoms with Crippen LogP contribution in [0.2, 0.25) is 0 Å². The molecule has 5 heteroatoms. The lowest BCUT2D eigenvalue weighted by molar-refractivity contribution is -0.136. The molecule has 0 radical (unpaired) electrons. The van der Waals surface area contributed by atoms with Gasteiger partial charge in [-0.3, -0.25) is 4.79 Å². The quantitative estimate of drug-likeness (QED) is 0.872. The molecule has 0 aliphatic heterocycles. The monoisotopic (exact) mass is 252 g/mol. The Kier molecular flexibility index (Phi) is 4.67. The molecule has 0 spiro atoms. The van der Waals surface area contributed by atoms with Crippen molar-refractivity contribution >= 4 is 11.6 Å². The third kappa shape index (κ3) is 2.98. The van der Waals surface area contributed by atoms with Crippen molar-refractivity contribution in [2.24, 2.45) is 0 Å². The molecule has 0 aliphatic carbocycles. The van der Waals surface area contributed by atoms with Crippen molar-refractivity contribution in [1.29, 1.82) is 0 Å². The lowest BCUT2D eigenvalue weighted by atomic mass is 10.0. The minimum absolute atomic E-state index is 0.182. The van der Waals surface area contributed by atoms with E-state index in [0.29, 0.717) is 18.0 Å². The number of amides is 1. The summed E-state index contributed by atoms with van der Waals surface area (Å²) in [6, 6.07) is 1.81. The maximum Gasteiger partial charge on any atom is 0.256 e. The fourth-order valence-corrected chi connectivity index (χ4v) is 1.51. The third-order valence-corrected chi connectivity index (χ3v) is 3.09. The standard InChI is InChI=1S/C13H20N2O3/c1-6-13(3,18-5)12(16)15-10-7-9(2)11(17-4)14-8-10/h7-8H,6H2,1-5H3,(H,15,16)/t13-/m0/s1. The highest BCUT2D eigenvalue weighted by Crippen LogP contribution is 2.21. The van der Waals surface area contributed by atoms with Gasteiger partial charge in [-0.2, -0.15) is 0 Å². The zero-order chi connectivity index (χ0) is 13.8. The van der Waals surface area contributed by atoms with Crippen LogP contribution in [0.3, 0.4) is 0 Å². The minimum Gasteiger partial charge on any atom is -0.481 e. The molecule has 1 N–H and O–H groups in total. The van der Waals surface area contributed by atoms with Crippen LogP contribution >= 0.6 is 0 Å². The highest BCUT2D eigenvalue weighted by atomic mass is 16.5. The molecule has 0 fully saturated rings. The molecule has 1 aromatic heterocycles. The van der Waals surface area contributed by atoms with Crippen LogP contribution in [0.4, 0.5) is 5.69 Å². The number of ether oxygens (including phenoxy) is 2. The highest BCUT2D eigenvalue weighted by molar-refractivity contribution is 5.96. The summed E-state index contributed by atoms with van der Waals surface area (Å²) >= 11 is 0. The summed E-state index contributed by atoms with van der Waals surface area (Å²) in [5.41, 5.74) is 0.675. The number of nitrogens with one attached hydrogen (secondary N) is 1. The molecule has 100 valence electrons. The minimum atomic E-state index is -0.826. The first kappa shape index (κ1) is 14.4. The first-order chi connectivity index (χ1) is 8.46. The lowest BCUT2D eigenvalue weighted by Gasteiger charge is -2.25. The van der Waals surface area contributed by atoms with Gasteiger partial charge in [0, 0.05) is 12.7 Å². The number of carbonyl (C=O) groups excluding carboxylic acids is 1. The topological polar surface area (TPSA) is 60.5 Å². The van der Waals surface area contributed by atoms with Crippen LogP contribution in [0, 0.1) is 6.92 Å². The number of methoxy groups -OCH3 is 2. The van der Waals surface area contributed by atoms with Crippen molar-refractivity contribution in [1.82, 2.24) is 4.98 Å². The summed E-state index contributed by atoms with van der Waals surface area (Å²) in [5, 5.41) is 2.79. The van der Waals surface area contributed by atoms with E-state index in [0.717, 1.165) is 5.56 Å². The average Bonchev–Trinajstić information content (AvgIpc) is 2.38. The Morgan fingerprint density at radius 3 is 2.61 bits per heavy atom. The fourth-order valence-electron chi connectivity index (χ4n) is 1.51. The number of pyridine rings is 1. The highest BCUT2D eigenvalue weighted by Gasteiger charge is 2.31. The number of carbonyl (C=O) groups is 1. The number of rotatable bonds is 5. The van der Waals surface area contributed by atoms with E-state index >= 15 is 0 Å². The third-order valence-electron chi connectivity index (χ3n) is 3.09. The summed E-state index contributed by atoms with van der Waals surface area (Å²) in [4.78, 5) is 16.2. The molecule has 5 nitrogen and oxygen atoms in total. The summed E-state index contributed by atoms with van der Waals surface area (Å²) in [7, 11) is 3.09. The van der Waals surface area contributed by atoms with E-state index in [-0.39, 0.29) is 5.91 Å². The molecule has 18 heavy (non-hydrogen) atoms. The molecule has 1 aromatic rings. The van der Waals surface area contributed by atoms with Crippen LogP contribution in [0.5, 0.6) is 5.88 Å². The molecule has 0 bridgehead atoms. The van der Waals surface area contributed by atoms with Crippen molar-refractivity contribution in [2.45, 2.75) is 32.8 Å². The summed E-state index contributed by atoms with van der Waals surface area (Å²) in [5.74, 6) is 0.372. The Labute approximate surface area is 108 Å². The zero-order valence-corrected chi connectivity index (χ0v) is 11.5. The van der Waals surface area contributed by atoms with E-state index in [1.165, 1.54) is 7.11 Å². The zero-order valence-electron chi connectivity index (χ0n) is 11.5. The maximum absolute atomic E-state index is 12.1. The van der Waals surface area contributed by atoms with Gasteiger partial charge in [-0.15, -0.1) is 0 Å². The van der Waals surface area contributed by atoms with E-state index in [1.54, 1.807) is 20.2 Å². The molecule has 1 rings (SSSR count). The van der Waals surface area contributed by atoms with Crippen LogP contribution in [0.1, 0.15) is 25.8 Å². The van der Waals surface area contributed by atoms with E-state index < -0.39 is 5.60 Å². The molecule has 0 aliphatic rings. The Morgan fingerprint density at radius 1 is 1.50 bits per heavy atom. The molecule has 1 atom stereocenters. The number of hydrogen-bond acceptors (Lipinski definition) is 4. The average molecular weight is 252 g/mol. The number of anilines is 1. The molecule has 0 aromatic carbocycles. The first-order valence-corrected chi connectivity index (χ1v) is 5.84. The number of nitrogens with zero attached hydrogens (tertiary/aromatic N) is 1. The van der Waals surface area contributed by atoms with Crippen molar-refractivity contribution in [3.8, 4) is 5.88 Å². The smallest absolute Gasteiger partial charge is 0.256 e. The SMILES string of the molecule is CC[C@](C)(OC)C(=O)Nc1cnc(OC)c(C)c1. The van der Waals surface area contributed by atoms with Crippen LogP contribution in [0.25, 0.3) is 0 Å². The molecule has 0 saturated carbocycles. The van der Waals surface area contributed by atoms with Gasteiger partial charge in [0.25, 0.3) is 5.91 Å².